The molecule has 3 rings (SSSR count). The topological polar surface area (TPSA) is 95.9 Å². The summed E-state index contributed by atoms with van der Waals surface area (Å²) >= 11 is 0.765. The van der Waals surface area contributed by atoms with Crippen molar-refractivity contribution < 1.29 is 24.2 Å². The molecule has 0 saturated carbocycles. The van der Waals surface area contributed by atoms with Gasteiger partial charge in [0.15, 0.2) is 11.5 Å². The molecule has 1 fully saturated rings. The third kappa shape index (κ3) is 5.39. The van der Waals surface area contributed by atoms with E-state index in [-0.39, 0.29) is 22.9 Å². The van der Waals surface area contributed by atoms with E-state index < -0.39 is 17.1 Å². The predicted octanol–water partition coefficient (Wildman–Crippen LogP) is 4.50. The Morgan fingerprint density at radius 1 is 1.25 bits per heavy atom. The molecule has 1 heterocycles. The number of nitrogens with zero attached hydrogens (tertiary/aromatic N) is 1. The van der Waals surface area contributed by atoms with Gasteiger partial charge >= 0.3 is 0 Å². The number of phenolic OH excluding ortho intramolecular Hbond substituents is 1. The Kier molecular flexibility index (Phi) is 7.37. The van der Waals surface area contributed by atoms with Gasteiger partial charge in [-0.1, -0.05) is 23.8 Å². The number of nitrogens with one attached hydrogen (secondary N) is 1. The molecule has 2 aromatic rings. The molecule has 1 aliphatic heterocycles. The van der Waals surface area contributed by atoms with Crippen molar-refractivity contribution in [1.29, 1.82) is 0 Å². The molecule has 0 aromatic heterocycles. The van der Waals surface area contributed by atoms with Crippen LogP contribution in [0.3, 0.4) is 0 Å². The van der Waals surface area contributed by atoms with Gasteiger partial charge in [0.25, 0.3) is 11.1 Å². The first-order chi connectivity index (χ1) is 15.3. The minimum absolute atomic E-state index is 0.0183. The molecular weight excluding hydrogens is 428 g/mol. The Hall–Kier alpha value is -3.52. The first kappa shape index (κ1) is 23.1. The van der Waals surface area contributed by atoms with Gasteiger partial charge in [0.05, 0.1) is 11.5 Å². The number of benzene rings is 2. The third-order valence-electron chi connectivity index (χ3n) is 4.65. The number of hydrogen-bond donors (Lipinski definition) is 2. The van der Waals surface area contributed by atoms with Crippen molar-refractivity contribution in [3.05, 3.63) is 70.6 Å². The zero-order valence-electron chi connectivity index (χ0n) is 17.9. The van der Waals surface area contributed by atoms with Gasteiger partial charge in [0.1, 0.15) is 6.54 Å². The second-order valence-electron chi connectivity index (χ2n) is 7.13. The van der Waals surface area contributed by atoms with Crippen molar-refractivity contribution in [3.63, 3.8) is 0 Å². The second kappa shape index (κ2) is 10.2. The van der Waals surface area contributed by atoms with Crippen molar-refractivity contribution in [2.75, 3.05) is 18.5 Å². The Labute approximate surface area is 190 Å². The number of aryl methyl sites for hydroxylation is 1. The normalized spacial score (nSPS) is 14.7. The highest BCUT2D eigenvalue weighted by Gasteiger charge is 2.36. The molecule has 2 N–H and O–H groups in total. The monoisotopic (exact) mass is 452 g/mol. The lowest BCUT2D eigenvalue weighted by Crippen LogP contribution is -2.36. The highest BCUT2D eigenvalue weighted by molar-refractivity contribution is 8.18. The smallest absolute Gasteiger partial charge is 0.294 e. The average molecular weight is 453 g/mol. The molecule has 0 unspecified atom stereocenters. The highest BCUT2D eigenvalue weighted by Crippen LogP contribution is 2.36. The summed E-state index contributed by atoms with van der Waals surface area (Å²) in [5, 5.41) is 12.5. The zero-order chi connectivity index (χ0) is 23.3. The van der Waals surface area contributed by atoms with Gasteiger partial charge < -0.3 is 15.2 Å². The Morgan fingerprint density at radius 2 is 1.97 bits per heavy atom. The first-order valence-corrected chi connectivity index (χ1v) is 10.9. The molecular formula is C24H24N2O5S. The molecule has 0 radical (unpaired) electrons. The maximum Gasteiger partial charge on any atom is 0.294 e. The van der Waals surface area contributed by atoms with E-state index in [4.69, 9.17) is 4.74 Å². The summed E-state index contributed by atoms with van der Waals surface area (Å²) in [5.74, 6) is -0.705. The van der Waals surface area contributed by atoms with Crippen LogP contribution in [0.2, 0.25) is 0 Å². The van der Waals surface area contributed by atoms with E-state index >= 15 is 0 Å². The van der Waals surface area contributed by atoms with Crippen LogP contribution in [-0.2, 0) is 16.0 Å². The summed E-state index contributed by atoms with van der Waals surface area (Å²) in [7, 11) is 0. The van der Waals surface area contributed by atoms with Crippen LogP contribution in [0.15, 0.2) is 54.0 Å². The number of anilines is 1. The Morgan fingerprint density at radius 3 is 2.62 bits per heavy atom. The van der Waals surface area contributed by atoms with Crippen LogP contribution in [0.4, 0.5) is 10.5 Å². The van der Waals surface area contributed by atoms with E-state index in [0.29, 0.717) is 29.8 Å². The lowest BCUT2D eigenvalue weighted by atomic mass is 10.1. The quantitative estimate of drug-likeness (QED) is 0.452. The summed E-state index contributed by atoms with van der Waals surface area (Å²) in [6, 6.07) is 10.5. The van der Waals surface area contributed by atoms with E-state index in [1.54, 1.807) is 43.3 Å². The molecule has 8 heteroatoms. The van der Waals surface area contributed by atoms with Crippen molar-refractivity contribution in [1.82, 2.24) is 4.90 Å². The van der Waals surface area contributed by atoms with Gasteiger partial charge in [-0.15, -0.1) is 6.58 Å². The van der Waals surface area contributed by atoms with Crippen molar-refractivity contribution >= 4 is 40.6 Å². The van der Waals surface area contributed by atoms with Crippen molar-refractivity contribution in [3.8, 4) is 11.5 Å². The van der Waals surface area contributed by atoms with Gasteiger partial charge in [-0.2, -0.15) is 0 Å². The number of rotatable bonds is 8. The van der Waals surface area contributed by atoms with E-state index in [9.17, 15) is 19.5 Å². The zero-order valence-corrected chi connectivity index (χ0v) is 18.7. The fraction of sp³-hybridized carbons (Fsp3) is 0.208. The summed E-state index contributed by atoms with van der Waals surface area (Å²) < 4.78 is 5.48. The van der Waals surface area contributed by atoms with Crippen molar-refractivity contribution in [2.45, 2.75) is 20.3 Å². The molecule has 1 aliphatic rings. The van der Waals surface area contributed by atoms with Crippen LogP contribution in [0.5, 0.6) is 11.5 Å². The van der Waals surface area contributed by atoms with Gasteiger partial charge in [-0.05, 0) is 67.9 Å². The molecule has 2 aromatic carbocycles. The van der Waals surface area contributed by atoms with E-state index in [0.717, 1.165) is 22.2 Å². The summed E-state index contributed by atoms with van der Waals surface area (Å²) in [4.78, 5) is 38.6. The molecule has 0 spiro atoms. The minimum atomic E-state index is -0.546. The summed E-state index contributed by atoms with van der Waals surface area (Å²) in [6.07, 6.45) is 3.61. The molecule has 166 valence electrons. The number of thioether (sulfide) groups is 1. The Bertz CT molecular complexity index is 1090. The fourth-order valence-corrected chi connectivity index (χ4v) is 3.96. The van der Waals surface area contributed by atoms with Gasteiger partial charge in [0, 0.05) is 11.3 Å². The van der Waals surface area contributed by atoms with Crippen LogP contribution in [0, 0.1) is 6.92 Å². The predicted molar refractivity (Wildman–Crippen MR) is 126 cm³/mol. The molecule has 0 aliphatic carbocycles. The number of aromatic hydroxyl groups is 1. The lowest BCUT2D eigenvalue weighted by molar-refractivity contribution is -0.127. The molecule has 0 atom stereocenters. The molecule has 32 heavy (non-hydrogen) atoms. The second-order valence-corrected chi connectivity index (χ2v) is 8.13. The number of amides is 3. The minimum Gasteiger partial charge on any atom is -0.504 e. The van der Waals surface area contributed by atoms with E-state index in [1.165, 1.54) is 0 Å². The standard InChI is InChI=1S/C24H24N2O5S/c1-4-6-17-11-16(12-19(22(17)28)31-5-2)13-20-23(29)26(24(30)32-20)14-21(27)25-18-9-7-15(3)8-10-18/h4,7-13,28H,1,5-6,14H2,2-3H3,(H,25,27)/b20-13+. The molecule has 0 bridgehead atoms. The number of carbonyl (C=O) groups excluding carboxylic acids is 3. The van der Waals surface area contributed by atoms with E-state index in [2.05, 4.69) is 11.9 Å². The van der Waals surface area contributed by atoms with Crippen LogP contribution in [0.25, 0.3) is 6.08 Å². The molecule has 3 amide bonds. The molecule has 7 nitrogen and oxygen atoms in total. The lowest BCUT2D eigenvalue weighted by Gasteiger charge is -2.13. The largest absolute Gasteiger partial charge is 0.504 e. The van der Waals surface area contributed by atoms with Crippen LogP contribution >= 0.6 is 11.8 Å². The molecule has 1 saturated heterocycles. The van der Waals surface area contributed by atoms with Crippen LogP contribution in [0.1, 0.15) is 23.6 Å². The maximum absolute atomic E-state index is 12.8. The first-order valence-electron chi connectivity index (χ1n) is 10.0. The average Bonchev–Trinajstić information content (AvgIpc) is 3.00. The maximum atomic E-state index is 12.8. The number of hydrogen-bond acceptors (Lipinski definition) is 6. The SMILES string of the molecule is C=CCc1cc(/C=C2/SC(=O)N(CC(=O)Nc3ccc(C)cc3)C2=O)cc(OCC)c1O. The Balaban J connectivity index is 1.78. The number of ether oxygens (including phenoxy) is 1. The van der Waals surface area contributed by atoms with Crippen LogP contribution in [-0.4, -0.2) is 40.2 Å². The number of allylic oxidation sites excluding steroid dienone is 1. The van der Waals surface area contributed by atoms with Gasteiger partial charge in [-0.3, -0.25) is 19.3 Å². The summed E-state index contributed by atoms with van der Waals surface area (Å²) in [6.45, 7) is 7.40. The van der Waals surface area contributed by atoms with E-state index in [1.807, 2.05) is 19.1 Å². The fourth-order valence-electron chi connectivity index (χ4n) is 3.12. The summed E-state index contributed by atoms with van der Waals surface area (Å²) in [5.41, 5.74) is 2.83. The highest BCUT2D eigenvalue weighted by atomic mass is 32.2. The van der Waals surface area contributed by atoms with Gasteiger partial charge in [-0.25, -0.2) is 0 Å². The number of imide groups is 1. The van der Waals surface area contributed by atoms with Crippen molar-refractivity contribution in [2.24, 2.45) is 0 Å². The van der Waals surface area contributed by atoms with Crippen LogP contribution < -0.4 is 10.1 Å². The van der Waals surface area contributed by atoms with Gasteiger partial charge in [0.2, 0.25) is 5.91 Å². The number of carbonyl (C=O) groups is 3. The third-order valence-corrected chi connectivity index (χ3v) is 5.56. The number of phenols is 1.